The first kappa shape index (κ1) is 17.4. The summed E-state index contributed by atoms with van der Waals surface area (Å²) in [4.78, 5) is 38.2. The fraction of sp³-hybridized carbons (Fsp3) is 0.500. The molecule has 138 valence electrons. The predicted molar refractivity (Wildman–Crippen MR) is 94.5 cm³/mol. The van der Waals surface area contributed by atoms with Crippen molar-refractivity contribution in [2.45, 2.75) is 48.6 Å². The molecule has 0 saturated carbocycles. The van der Waals surface area contributed by atoms with Gasteiger partial charge in [-0.3, -0.25) is 9.59 Å². The Hall–Kier alpha value is -2.06. The Balaban J connectivity index is 1.51. The third-order valence-electron chi connectivity index (χ3n) is 5.20. The van der Waals surface area contributed by atoms with E-state index >= 15 is 0 Å². The van der Waals surface area contributed by atoms with Crippen molar-refractivity contribution in [1.29, 1.82) is 0 Å². The Bertz CT molecular complexity index is 796. The van der Waals surface area contributed by atoms with E-state index in [9.17, 15) is 19.5 Å². The van der Waals surface area contributed by atoms with Gasteiger partial charge in [0.25, 0.3) is 5.91 Å². The number of β-lactam (4-membered cyclic amide) rings is 1. The van der Waals surface area contributed by atoms with E-state index in [2.05, 4.69) is 5.32 Å². The summed E-state index contributed by atoms with van der Waals surface area (Å²) in [5.41, 5.74) is 1.89. The molecule has 2 fully saturated rings. The fourth-order valence-electron chi connectivity index (χ4n) is 3.99. The van der Waals surface area contributed by atoms with Crippen LogP contribution in [0.15, 0.2) is 24.3 Å². The molecule has 3 heterocycles. The van der Waals surface area contributed by atoms with Crippen LogP contribution in [0.2, 0.25) is 0 Å². The van der Waals surface area contributed by atoms with Crippen molar-refractivity contribution < 1.29 is 24.2 Å². The molecule has 0 bridgehead atoms. The van der Waals surface area contributed by atoms with Crippen LogP contribution in [0.1, 0.15) is 31.1 Å². The SMILES string of the molecule is CC1(C)S[C@@H]2[C@H](NC(=O)[C@H]3OCCc4ccccc43)C(=O)N2[C@H]1C(=O)O. The maximum atomic E-state index is 12.7. The zero-order valence-electron chi connectivity index (χ0n) is 14.5. The first-order valence-electron chi connectivity index (χ1n) is 8.54. The molecule has 4 rings (SSSR count). The van der Waals surface area contributed by atoms with Crippen LogP contribution in [0.4, 0.5) is 0 Å². The van der Waals surface area contributed by atoms with Gasteiger partial charge in [0.15, 0.2) is 6.10 Å². The number of aliphatic carboxylic acids is 1. The van der Waals surface area contributed by atoms with Crippen molar-refractivity contribution in [1.82, 2.24) is 10.2 Å². The molecule has 7 nitrogen and oxygen atoms in total. The lowest BCUT2D eigenvalue weighted by Crippen LogP contribution is -2.71. The van der Waals surface area contributed by atoms with Crippen molar-refractivity contribution in [3.8, 4) is 0 Å². The van der Waals surface area contributed by atoms with Crippen LogP contribution >= 0.6 is 11.8 Å². The van der Waals surface area contributed by atoms with E-state index in [1.807, 2.05) is 24.3 Å². The van der Waals surface area contributed by atoms with Gasteiger partial charge >= 0.3 is 5.97 Å². The predicted octanol–water partition coefficient (Wildman–Crippen LogP) is 0.932. The number of carbonyl (C=O) groups is 3. The summed E-state index contributed by atoms with van der Waals surface area (Å²) in [5, 5.41) is 11.9. The number of carbonyl (C=O) groups excluding carboxylic acids is 2. The summed E-state index contributed by atoms with van der Waals surface area (Å²) in [6.07, 6.45) is 0.0137. The summed E-state index contributed by atoms with van der Waals surface area (Å²) in [7, 11) is 0. The highest BCUT2D eigenvalue weighted by Gasteiger charge is 2.64. The molecule has 0 spiro atoms. The Labute approximate surface area is 155 Å². The normalized spacial score (nSPS) is 31.6. The number of hydrogen-bond donors (Lipinski definition) is 2. The molecule has 2 N–H and O–H groups in total. The molecule has 2 amide bonds. The van der Waals surface area contributed by atoms with E-state index in [0.717, 1.165) is 17.5 Å². The fourth-order valence-corrected chi connectivity index (χ4v) is 5.61. The molecule has 2 saturated heterocycles. The van der Waals surface area contributed by atoms with Crippen molar-refractivity contribution in [2.75, 3.05) is 6.61 Å². The van der Waals surface area contributed by atoms with Gasteiger partial charge < -0.3 is 20.1 Å². The van der Waals surface area contributed by atoms with Crippen molar-refractivity contribution in [3.05, 3.63) is 35.4 Å². The Morgan fingerprint density at radius 2 is 2.08 bits per heavy atom. The average molecular weight is 376 g/mol. The van der Waals surface area contributed by atoms with Crippen LogP contribution in [0.25, 0.3) is 0 Å². The number of carboxylic acid groups (broad SMARTS) is 1. The van der Waals surface area contributed by atoms with Gasteiger partial charge in [-0.15, -0.1) is 11.8 Å². The van der Waals surface area contributed by atoms with E-state index in [1.54, 1.807) is 13.8 Å². The summed E-state index contributed by atoms with van der Waals surface area (Å²) in [6, 6.07) is 6.02. The summed E-state index contributed by atoms with van der Waals surface area (Å²) < 4.78 is 5.03. The molecule has 0 radical (unpaired) electrons. The quantitative estimate of drug-likeness (QED) is 0.762. The second kappa shape index (κ2) is 5.99. The minimum atomic E-state index is -1.02. The van der Waals surface area contributed by atoms with Crippen LogP contribution in [-0.2, 0) is 25.5 Å². The lowest BCUT2D eigenvalue weighted by Gasteiger charge is -2.44. The molecule has 0 aromatic heterocycles. The minimum Gasteiger partial charge on any atom is -0.480 e. The topological polar surface area (TPSA) is 95.9 Å². The Kier molecular flexibility index (Phi) is 4.00. The molecule has 0 aliphatic carbocycles. The average Bonchev–Trinajstić information content (AvgIpc) is 2.87. The van der Waals surface area contributed by atoms with Crippen LogP contribution < -0.4 is 5.32 Å². The second-order valence-electron chi connectivity index (χ2n) is 7.28. The number of carboxylic acids is 1. The molecule has 0 unspecified atom stereocenters. The molecule has 3 aliphatic heterocycles. The zero-order chi connectivity index (χ0) is 18.6. The highest BCUT2D eigenvalue weighted by atomic mass is 32.2. The number of hydrogen-bond acceptors (Lipinski definition) is 5. The maximum Gasteiger partial charge on any atom is 0.327 e. The second-order valence-corrected chi connectivity index (χ2v) is 9.05. The number of ether oxygens (including phenoxy) is 1. The van der Waals surface area contributed by atoms with Gasteiger partial charge in [0, 0.05) is 4.75 Å². The number of amides is 2. The lowest BCUT2D eigenvalue weighted by atomic mass is 9.94. The van der Waals surface area contributed by atoms with Crippen molar-refractivity contribution >= 4 is 29.5 Å². The number of nitrogens with one attached hydrogen (secondary N) is 1. The minimum absolute atomic E-state index is 0.349. The van der Waals surface area contributed by atoms with Crippen molar-refractivity contribution in [3.63, 3.8) is 0 Å². The van der Waals surface area contributed by atoms with Gasteiger partial charge in [0.05, 0.1) is 6.61 Å². The van der Waals surface area contributed by atoms with Crippen LogP contribution in [0.3, 0.4) is 0 Å². The smallest absolute Gasteiger partial charge is 0.327 e. The highest BCUT2D eigenvalue weighted by Crippen LogP contribution is 2.50. The van der Waals surface area contributed by atoms with E-state index in [0.29, 0.717) is 6.61 Å². The number of rotatable bonds is 3. The van der Waals surface area contributed by atoms with Gasteiger partial charge in [0.1, 0.15) is 17.5 Å². The van der Waals surface area contributed by atoms with E-state index in [4.69, 9.17) is 4.74 Å². The van der Waals surface area contributed by atoms with Gasteiger partial charge in [-0.25, -0.2) is 4.79 Å². The van der Waals surface area contributed by atoms with E-state index < -0.39 is 28.9 Å². The largest absolute Gasteiger partial charge is 0.480 e. The summed E-state index contributed by atoms with van der Waals surface area (Å²) >= 11 is 1.41. The van der Waals surface area contributed by atoms with Crippen LogP contribution in [-0.4, -0.2) is 56.6 Å². The first-order valence-corrected chi connectivity index (χ1v) is 9.42. The Morgan fingerprint density at radius 3 is 2.81 bits per heavy atom. The Morgan fingerprint density at radius 1 is 1.35 bits per heavy atom. The zero-order valence-corrected chi connectivity index (χ0v) is 15.3. The lowest BCUT2D eigenvalue weighted by molar-refractivity contribution is -0.162. The van der Waals surface area contributed by atoms with E-state index in [-0.39, 0.29) is 17.2 Å². The molecular formula is C18H20N2O5S. The van der Waals surface area contributed by atoms with Gasteiger partial charge in [-0.1, -0.05) is 24.3 Å². The van der Waals surface area contributed by atoms with Gasteiger partial charge in [0.2, 0.25) is 5.91 Å². The maximum absolute atomic E-state index is 12.7. The highest BCUT2D eigenvalue weighted by molar-refractivity contribution is 8.01. The number of nitrogens with zero attached hydrogens (tertiary/aromatic N) is 1. The van der Waals surface area contributed by atoms with Crippen LogP contribution in [0, 0.1) is 0 Å². The molecule has 1 aromatic carbocycles. The number of fused-ring (bicyclic) bond motifs is 2. The third kappa shape index (κ3) is 2.51. The molecule has 3 aliphatic rings. The van der Waals surface area contributed by atoms with Gasteiger partial charge in [-0.05, 0) is 31.4 Å². The van der Waals surface area contributed by atoms with Gasteiger partial charge in [-0.2, -0.15) is 0 Å². The third-order valence-corrected chi connectivity index (χ3v) is 6.78. The summed E-state index contributed by atoms with van der Waals surface area (Å²) in [6.45, 7) is 4.06. The molecule has 4 atom stereocenters. The monoisotopic (exact) mass is 376 g/mol. The van der Waals surface area contributed by atoms with Crippen molar-refractivity contribution in [2.24, 2.45) is 0 Å². The summed E-state index contributed by atoms with van der Waals surface area (Å²) in [5.74, 6) is -1.72. The number of benzene rings is 1. The standard InChI is InChI=1S/C18H20N2O5S/c1-18(2)13(17(23)24)20-15(22)11(16(20)26-18)19-14(21)12-10-6-4-3-5-9(10)7-8-25-12/h3-6,11-13,16H,7-8H2,1-2H3,(H,19,21)(H,23,24)/t11-,12+,13+,16-/m1/s1. The molecule has 26 heavy (non-hydrogen) atoms. The number of thioether (sulfide) groups is 1. The first-order chi connectivity index (χ1) is 12.3. The molecule has 8 heteroatoms. The molecular weight excluding hydrogens is 356 g/mol. The van der Waals surface area contributed by atoms with Crippen LogP contribution in [0.5, 0.6) is 0 Å². The molecule has 1 aromatic rings. The van der Waals surface area contributed by atoms with E-state index in [1.165, 1.54) is 16.7 Å².